The number of amides is 1. The first kappa shape index (κ1) is 13.9. The highest BCUT2D eigenvalue weighted by Crippen LogP contribution is 2.15. The summed E-state index contributed by atoms with van der Waals surface area (Å²) < 4.78 is 10.0. The van der Waals surface area contributed by atoms with Crippen LogP contribution >= 0.6 is 0 Å². The van der Waals surface area contributed by atoms with Crippen molar-refractivity contribution in [1.29, 1.82) is 0 Å². The van der Waals surface area contributed by atoms with Crippen LogP contribution in [0.1, 0.15) is 5.76 Å². The first-order valence-corrected chi connectivity index (χ1v) is 6.18. The van der Waals surface area contributed by atoms with Crippen LogP contribution in [0.5, 0.6) is 5.88 Å². The topological polar surface area (TPSA) is 67.6 Å². The molecule has 6 nitrogen and oxygen atoms in total. The molecule has 0 aliphatic heterocycles. The number of nitrogens with zero attached hydrogens (tertiary/aromatic N) is 2. The molecule has 2 rings (SSSR count). The van der Waals surface area contributed by atoms with Gasteiger partial charge in [-0.2, -0.15) is 0 Å². The number of hydrogen-bond donors (Lipinski definition) is 1. The molecule has 20 heavy (non-hydrogen) atoms. The van der Waals surface area contributed by atoms with Gasteiger partial charge in [0.25, 0.3) is 11.8 Å². The number of carbonyl (C=O) groups is 1. The Kier molecular flexibility index (Phi) is 4.24. The third kappa shape index (κ3) is 3.74. The van der Waals surface area contributed by atoms with Crippen molar-refractivity contribution in [2.24, 2.45) is 0 Å². The molecule has 1 aromatic carbocycles. The molecule has 0 saturated carbocycles. The van der Waals surface area contributed by atoms with Gasteiger partial charge in [-0.05, 0) is 36.3 Å². The maximum Gasteiger partial charge on any atom is 0.262 e. The van der Waals surface area contributed by atoms with E-state index in [0.29, 0.717) is 11.6 Å². The van der Waals surface area contributed by atoms with E-state index in [0.717, 1.165) is 11.4 Å². The van der Waals surface area contributed by atoms with Gasteiger partial charge in [-0.1, -0.05) is 0 Å². The molecule has 1 heterocycles. The van der Waals surface area contributed by atoms with Crippen LogP contribution in [0.3, 0.4) is 0 Å². The fraction of sp³-hybridized carbons (Fsp3) is 0.286. The molecule has 1 amide bonds. The summed E-state index contributed by atoms with van der Waals surface area (Å²) in [6, 6.07) is 9.16. The number of carbonyl (C=O) groups excluding carboxylic acids is 1. The second-order valence-corrected chi connectivity index (χ2v) is 4.55. The molecule has 0 saturated heterocycles. The van der Waals surface area contributed by atoms with Crippen molar-refractivity contribution in [1.82, 2.24) is 5.16 Å². The van der Waals surface area contributed by atoms with E-state index in [9.17, 15) is 4.79 Å². The van der Waals surface area contributed by atoms with Crippen molar-refractivity contribution in [2.45, 2.75) is 6.92 Å². The van der Waals surface area contributed by atoms with Gasteiger partial charge in [-0.15, -0.1) is 0 Å². The van der Waals surface area contributed by atoms with Gasteiger partial charge in [0.05, 0.1) is 0 Å². The van der Waals surface area contributed by atoms with Crippen molar-refractivity contribution >= 4 is 17.3 Å². The third-order valence-electron chi connectivity index (χ3n) is 2.62. The number of rotatable bonds is 5. The molecule has 0 aliphatic carbocycles. The quantitative estimate of drug-likeness (QED) is 0.904. The third-order valence-corrected chi connectivity index (χ3v) is 2.62. The molecular weight excluding hydrogens is 258 g/mol. The zero-order chi connectivity index (χ0) is 14.5. The highest BCUT2D eigenvalue weighted by atomic mass is 16.5. The van der Waals surface area contributed by atoms with E-state index in [1.54, 1.807) is 13.0 Å². The number of benzene rings is 1. The lowest BCUT2D eigenvalue weighted by Gasteiger charge is -2.13. The minimum Gasteiger partial charge on any atom is -0.465 e. The summed E-state index contributed by atoms with van der Waals surface area (Å²) in [5.41, 5.74) is 1.79. The standard InChI is InChI=1S/C14H17N3O3/c1-10-8-14(16-20-10)19-9-13(18)15-11-4-6-12(7-5-11)17(2)3/h4-8H,9H2,1-3H3,(H,15,18). The number of hydrogen-bond acceptors (Lipinski definition) is 5. The molecular formula is C14H17N3O3. The number of aromatic nitrogens is 1. The summed E-state index contributed by atoms with van der Waals surface area (Å²) in [5.74, 6) is 0.698. The van der Waals surface area contributed by atoms with Crippen molar-refractivity contribution in [2.75, 3.05) is 30.9 Å². The van der Waals surface area contributed by atoms with Gasteiger partial charge in [0.1, 0.15) is 5.76 Å². The van der Waals surface area contributed by atoms with Crippen molar-refractivity contribution in [3.05, 3.63) is 36.1 Å². The molecule has 106 valence electrons. The summed E-state index contributed by atoms with van der Waals surface area (Å²) in [6.45, 7) is 1.65. The van der Waals surface area contributed by atoms with Gasteiger partial charge in [0, 0.05) is 31.5 Å². The zero-order valence-electron chi connectivity index (χ0n) is 11.7. The largest absolute Gasteiger partial charge is 0.465 e. The SMILES string of the molecule is Cc1cc(OCC(=O)Nc2ccc(N(C)C)cc2)no1. The summed E-state index contributed by atoms with van der Waals surface area (Å²) in [4.78, 5) is 13.7. The summed E-state index contributed by atoms with van der Waals surface area (Å²) in [7, 11) is 3.92. The highest BCUT2D eigenvalue weighted by molar-refractivity contribution is 5.92. The van der Waals surface area contributed by atoms with E-state index in [-0.39, 0.29) is 12.5 Å². The smallest absolute Gasteiger partial charge is 0.262 e. The lowest BCUT2D eigenvalue weighted by Crippen LogP contribution is -2.20. The summed E-state index contributed by atoms with van der Waals surface area (Å²) in [6.07, 6.45) is 0. The number of nitrogens with one attached hydrogen (secondary N) is 1. The average molecular weight is 275 g/mol. The van der Waals surface area contributed by atoms with Crippen LogP contribution in [-0.4, -0.2) is 31.8 Å². The van der Waals surface area contributed by atoms with Crippen LogP contribution in [0, 0.1) is 6.92 Å². The second kappa shape index (κ2) is 6.10. The van der Waals surface area contributed by atoms with E-state index >= 15 is 0 Å². The fourth-order valence-corrected chi connectivity index (χ4v) is 1.59. The molecule has 1 aromatic heterocycles. The number of anilines is 2. The fourth-order valence-electron chi connectivity index (χ4n) is 1.59. The Balaban J connectivity index is 1.84. The van der Waals surface area contributed by atoms with Crippen LogP contribution in [0.15, 0.2) is 34.9 Å². The molecule has 0 unspecified atom stereocenters. The van der Waals surface area contributed by atoms with E-state index < -0.39 is 0 Å². The molecule has 0 spiro atoms. The molecule has 0 atom stereocenters. The molecule has 0 bridgehead atoms. The van der Waals surface area contributed by atoms with Gasteiger partial charge < -0.3 is 19.5 Å². The molecule has 0 radical (unpaired) electrons. The summed E-state index contributed by atoms with van der Waals surface area (Å²) in [5, 5.41) is 6.39. The van der Waals surface area contributed by atoms with Crippen LogP contribution in [0.25, 0.3) is 0 Å². The average Bonchev–Trinajstić information content (AvgIpc) is 2.83. The van der Waals surface area contributed by atoms with Crippen molar-refractivity contribution in [3.63, 3.8) is 0 Å². The molecule has 0 aliphatic rings. The first-order valence-electron chi connectivity index (χ1n) is 6.18. The van der Waals surface area contributed by atoms with Crippen LogP contribution in [-0.2, 0) is 4.79 Å². The van der Waals surface area contributed by atoms with E-state index in [4.69, 9.17) is 9.26 Å². The van der Waals surface area contributed by atoms with Crippen molar-refractivity contribution < 1.29 is 14.1 Å². The monoisotopic (exact) mass is 275 g/mol. The number of aryl methyl sites for hydroxylation is 1. The van der Waals surface area contributed by atoms with Gasteiger partial charge in [-0.25, -0.2) is 0 Å². The van der Waals surface area contributed by atoms with Crippen molar-refractivity contribution in [3.8, 4) is 5.88 Å². The minimum absolute atomic E-state index is 0.110. The van der Waals surface area contributed by atoms with Gasteiger partial charge in [-0.3, -0.25) is 4.79 Å². The van der Waals surface area contributed by atoms with Gasteiger partial charge >= 0.3 is 0 Å². The van der Waals surface area contributed by atoms with E-state index in [1.807, 2.05) is 43.3 Å². The Bertz CT molecular complexity index is 576. The molecule has 6 heteroatoms. The molecule has 1 N–H and O–H groups in total. The predicted octanol–water partition coefficient (Wildman–Crippen LogP) is 2.07. The normalized spacial score (nSPS) is 10.2. The van der Waals surface area contributed by atoms with E-state index in [2.05, 4.69) is 10.5 Å². The predicted molar refractivity (Wildman–Crippen MR) is 76.1 cm³/mol. The summed E-state index contributed by atoms with van der Waals surface area (Å²) >= 11 is 0. The van der Waals surface area contributed by atoms with E-state index in [1.165, 1.54) is 0 Å². The lowest BCUT2D eigenvalue weighted by molar-refractivity contribution is -0.118. The van der Waals surface area contributed by atoms with Crippen LogP contribution < -0.4 is 15.0 Å². The minimum atomic E-state index is -0.247. The zero-order valence-corrected chi connectivity index (χ0v) is 11.7. The van der Waals surface area contributed by atoms with Crippen LogP contribution in [0.4, 0.5) is 11.4 Å². The Morgan fingerprint density at radius 1 is 1.35 bits per heavy atom. The maximum absolute atomic E-state index is 11.7. The number of ether oxygens (including phenoxy) is 1. The molecule has 0 fully saturated rings. The Labute approximate surface area is 117 Å². The second-order valence-electron chi connectivity index (χ2n) is 4.55. The Hall–Kier alpha value is -2.50. The van der Waals surface area contributed by atoms with Gasteiger partial charge in [0.2, 0.25) is 0 Å². The highest BCUT2D eigenvalue weighted by Gasteiger charge is 2.06. The van der Waals surface area contributed by atoms with Gasteiger partial charge in [0.15, 0.2) is 6.61 Å². The lowest BCUT2D eigenvalue weighted by atomic mass is 10.2. The Morgan fingerprint density at radius 2 is 2.05 bits per heavy atom. The van der Waals surface area contributed by atoms with Crippen LogP contribution in [0.2, 0.25) is 0 Å². The maximum atomic E-state index is 11.7. The molecule has 2 aromatic rings. The first-order chi connectivity index (χ1) is 9.54. The Morgan fingerprint density at radius 3 is 2.60 bits per heavy atom.